The molecule has 0 atom stereocenters. The second-order valence-electron chi connectivity index (χ2n) is 4.40. The Morgan fingerprint density at radius 1 is 1.23 bits per heavy atom. The van der Waals surface area contributed by atoms with Crippen LogP contribution in [0.1, 0.15) is 16.8 Å². The summed E-state index contributed by atoms with van der Waals surface area (Å²) in [6.45, 7) is 2.45. The molecule has 0 unspecified atom stereocenters. The number of rotatable bonds is 5. The highest BCUT2D eigenvalue weighted by Crippen LogP contribution is 2.30. The molecule has 22 heavy (non-hydrogen) atoms. The summed E-state index contributed by atoms with van der Waals surface area (Å²) >= 11 is 1.54. The average molecular weight is 350 g/mol. The van der Waals surface area contributed by atoms with Crippen LogP contribution in [-0.2, 0) is 22.8 Å². The van der Waals surface area contributed by atoms with E-state index in [0.717, 1.165) is 28.4 Å². The van der Waals surface area contributed by atoms with Crippen LogP contribution in [-0.4, -0.2) is 18.9 Å². The molecule has 0 bridgehead atoms. The molecule has 0 aliphatic heterocycles. The fraction of sp³-hybridized carbons (Fsp3) is 0.308. The van der Waals surface area contributed by atoms with Crippen LogP contribution < -0.4 is 5.32 Å². The summed E-state index contributed by atoms with van der Waals surface area (Å²) in [5, 5.41) is 3.84. The van der Waals surface area contributed by atoms with Crippen LogP contribution in [0.5, 0.6) is 0 Å². The van der Waals surface area contributed by atoms with Crippen LogP contribution in [0.2, 0.25) is 0 Å². The fourth-order valence-corrected chi connectivity index (χ4v) is 3.22. The van der Waals surface area contributed by atoms with Gasteiger partial charge in [-0.25, -0.2) is 13.4 Å². The molecule has 0 saturated heterocycles. The van der Waals surface area contributed by atoms with E-state index in [2.05, 4.69) is 10.3 Å². The molecule has 1 aromatic heterocycles. The highest BCUT2D eigenvalue weighted by molar-refractivity contribution is 7.92. The van der Waals surface area contributed by atoms with E-state index in [1.807, 2.05) is 6.92 Å². The highest BCUT2D eigenvalue weighted by atomic mass is 32.2. The van der Waals surface area contributed by atoms with Gasteiger partial charge in [-0.2, -0.15) is 13.2 Å². The lowest BCUT2D eigenvalue weighted by atomic mass is 10.3. The Kier molecular flexibility index (Phi) is 4.76. The summed E-state index contributed by atoms with van der Waals surface area (Å²) in [6.07, 6.45) is 2.67. The smallest absolute Gasteiger partial charge is 0.379 e. The van der Waals surface area contributed by atoms with Crippen LogP contribution in [0.25, 0.3) is 0 Å². The van der Waals surface area contributed by atoms with Crippen LogP contribution in [0.3, 0.4) is 0 Å². The lowest BCUT2D eigenvalue weighted by Crippen LogP contribution is -2.23. The maximum Gasteiger partial charge on any atom is 0.501 e. The van der Waals surface area contributed by atoms with Gasteiger partial charge < -0.3 is 5.32 Å². The SMILES string of the molecule is CCc1cnc(CNc2ccc(S(=O)(=O)C(F)(F)F)cc2)s1. The van der Waals surface area contributed by atoms with E-state index in [9.17, 15) is 21.6 Å². The molecule has 0 fully saturated rings. The van der Waals surface area contributed by atoms with Crippen molar-refractivity contribution in [3.05, 3.63) is 40.3 Å². The largest absolute Gasteiger partial charge is 0.501 e. The lowest BCUT2D eigenvalue weighted by molar-refractivity contribution is -0.0436. The standard InChI is InChI=1S/C13H13F3N2O2S2/c1-2-10-7-18-12(21-10)8-17-9-3-5-11(6-4-9)22(19,20)13(14,15)16/h3-7,17H,2,8H2,1H3. The van der Waals surface area contributed by atoms with Crippen LogP contribution in [0.15, 0.2) is 35.4 Å². The maximum atomic E-state index is 12.4. The molecule has 0 radical (unpaired) electrons. The molecule has 2 aromatic rings. The van der Waals surface area contributed by atoms with E-state index < -0.39 is 20.2 Å². The van der Waals surface area contributed by atoms with E-state index >= 15 is 0 Å². The Morgan fingerprint density at radius 2 is 1.86 bits per heavy atom. The van der Waals surface area contributed by atoms with Gasteiger partial charge in [0.15, 0.2) is 0 Å². The van der Waals surface area contributed by atoms with E-state index in [1.165, 1.54) is 12.1 Å². The fourth-order valence-electron chi connectivity index (χ4n) is 1.66. The number of hydrogen-bond donors (Lipinski definition) is 1. The summed E-state index contributed by atoms with van der Waals surface area (Å²) in [7, 11) is -5.30. The normalized spacial score (nSPS) is 12.4. The molecule has 0 saturated carbocycles. The molecule has 4 nitrogen and oxygen atoms in total. The second-order valence-corrected chi connectivity index (χ2v) is 7.54. The Morgan fingerprint density at radius 3 is 2.36 bits per heavy atom. The first-order valence-electron chi connectivity index (χ1n) is 6.33. The minimum absolute atomic E-state index is 0.427. The van der Waals surface area contributed by atoms with Crippen molar-refractivity contribution in [3.63, 3.8) is 0 Å². The molecule has 1 aromatic carbocycles. The number of alkyl halides is 3. The lowest BCUT2D eigenvalue weighted by Gasteiger charge is -2.09. The van der Waals surface area contributed by atoms with E-state index in [-0.39, 0.29) is 0 Å². The molecule has 1 heterocycles. The third kappa shape index (κ3) is 3.58. The van der Waals surface area contributed by atoms with Gasteiger partial charge in [0, 0.05) is 16.8 Å². The number of anilines is 1. The highest BCUT2D eigenvalue weighted by Gasteiger charge is 2.46. The molecule has 0 aliphatic rings. The zero-order valence-electron chi connectivity index (χ0n) is 11.5. The number of aryl methyl sites for hydroxylation is 1. The van der Waals surface area contributed by atoms with Gasteiger partial charge in [-0.15, -0.1) is 11.3 Å². The Bertz CT molecular complexity index is 737. The first kappa shape index (κ1) is 16.8. The summed E-state index contributed by atoms with van der Waals surface area (Å²) in [6, 6.07) is 4.47. The monoisotopic (exact) mass is 350 g/mol. The summed E-state index contributed by atoms with van der Waals surface area (Å²) < 4.78 is 59.7. The first-order chi connectivity index (χ1) is 10.2. The predicted octanol–water partition coefficient (Wildman–Crippen LogP) is 3.61. The van der Waals surface area contributed by atoms with Crippen molar-refractivity contribution in [2.75, 3.05) is 5.32 Å². The van der Waals surface area contributed by atoms with E-state index in [0.29, 0.717) is 12.2 Å². The number of nitrogens with zero attached hydrogens (tertiary/aromatic N) is 1. The molecule has 120 valence electrons. The van der Waals surface area contributed by atoms with Crippen LogP contribution in [0.4, 0.5) is 18.9 Å². The Labute approximate surface area is 129 Å². The van der Waals surface area contributed by atoms with Crippen molar-refractivity contribution in [1.82, 2.24) is 4.98 Å². The molecule has 0 amide bonds. The number of aromatic nitrogens is 1. The molecule has 9 heteroatoms. The Balaban J connectivity index is 2.06. The number of benzene rings is 1. The van der Waals surface area contributed by atoms with Gasteiger partial charge in [0.2, 0.25) is 0 Å². The zero-order valence-corrected chi connectivity index (χ0v) is 13.1. The second kappa shape index (κ2) is 6.25. The van der Waals surface area contributed by atoms with Crippen molar-refractivity contribution < 1.29 is 21.6 Å². The van der Waals surface area contributed by atoms with Crippen LogP contribution >= 0.6 is 11.3 Å². The number of thiazole rings is 1. The molecular formula is C13H13F3N2O2S2. The van der Waals surface area contributed by atoms with Crippen molar-refractivity contribution in [2.24, 2.45) is 0 Å². The average Bonchev–Trinajstić information content (AvgIpc) is 2.92. The van der Waals surface area contributed by atoms with E-state index in [4.69, 9.17) is 0 Å². The molecular weight excluding hydrogens is 337 g/mol. The molecule has 1 N–H and O–H groups in total. The predicted molar refractivity (Wildman–Crippen MR) is 78.5 cm³/mol. The van der Waals surface area contributed by atoms with Gasteiger partial charge in [0.25, 0.3) is 9.84 Å². The first-order valence-corrected chi connectivity index (χ1v) is 8.63. The molecule has 0 spiro atoms. The minimum atomic E-state index is -5.30. The quantitative estimate of drug-likeness (QED) is 0.895. The molecule has 2 rings (SSSR count). The van der Waals surface area contributed by atoms with Gasteiger partial charge in [-0.3, -0.25) is 0 Å². The summed E-state index contributed by atoms with van der Waals surface area (Å²) in [5.74, 6) is 0. The number of nitrogens with one attached hydrogen (secondary N) is 1. The van der Waals surface area contributed by atoms with Crippen molar-refractivity contribution in [3.8, 4) is 0 Å². The molecule has 0 aliphatic carbocycles. The van der Waals surface area contributed by atoms with Crippen molar-refractivity contribution >= 4 is 26.9 Å². The third-order valence-corrected chi connectivity index (χ3v) is 5.51. The number of hydrogen-bond acceptors (Lipinski definition) is 5. The van der Waals surface area contributed by atoms with E-state index in [1.54, 1.807) is 17.5 Å². The van der Waals surface area contributed by atoms with Gasteiger partial charge in [0.05, 0.1) is 11.4 Å². The summed E-state index contributed by atoms with van der Waals surface area (Å²) in [4.78, 5) is 4.57. The maximum absolute atomic E-state index is 12.4. The Hall–Kier alpha value is -1.61. The van der Waals surface area contributed by atoms with Crippen molar-refractivity contribution in [1.29, 1.82) is 0 Å². The zero-order chi connectivity index (χ0) is 16.4. The number of halogens is 3. The summed E-state index contributed by atoms with van der Waals surface area (Å²) in [5.41, 5.74) is -4.77. The van der Waals surface area contributed by atoms with Gasteiger partial charge in [-0.05, 0) is 30.7 Å². The van der Waals surface area contributed by atoms with Gasteiger partial charge >= 0.3 is 5.51 Å². The van der Waals surface area contributed by atoms with Crippen molar-refractivity contribution in [2.45, 2.75) is 30.3 Å². The van der Waals surface area contributed by atoms with Gasteiger partial charge in [-0.1, -0.05) is 6.92 Å². The van der Waals surface area contributed by atoms with Gasteiger partial charge in [0.1, 0.15) is 5.01 Å². The van der Waals surface area contributed by atoms with Crippen LogP contribution in [0, 0.1) is 0 Å². The topological polar surface area (TPSA) is 59.1 Å². The third-order valence-electron chi connectivity index (χ3n) is 2.86. The minimum Gasteiger partial charge on any atom is -0.379 e. The number of sulfone groups is 1.